The monoisotopic (exact) mass is 419 g/mol. The number of halogens is 1. The van der Waals surface area contributed by atoms with Crippen molar-refractivity contribution in [3.63, 3.8) is 0 Å². The predicted octanol–water partition coefficient (Wildman–Crippen LogP) is 4.38. The molecule has 0 aliphatic rings. The molecule has 0 saturated heterocycles. The second-order valence-electron chi connectivity index (χ2n) is 5.28. The molecule has 0 bridgehead atoms. The van der Waals surface area contributed by atoms with Gasteiger partial charge in [-0.1, -0.05) is 45.9 Å². The van der Waals surface area contributed by atoms with Crippen LogP contribution in [0, 0.1) is 10.1 Å². The molecule has 0 spiro atoms. The van der Waals surface area contributed by atoms with Gasteiger partial charge in [-0.2, -0.15) is 0 Å². The Balaban J connectivity index is 2.01. The number of hydrogen-bond donors (Lipinski definition) is 0. The molecule has 3 rings (SSSR count). The van der Waals surface area contributed by atoms with Gasteiger partial charge in [-0.05, 0) is 25.1 Å². The van der Waals surface area contributed by atoms with Crippen LogP contribution >= 0.6 is 27.7 Å². The summed E-state index contributed by atoms with van der Waals surface area (Å²) in [4.78, 5) is 28.0. The Morgan fingerprint density at radius 2 is 2.04 bits per heavy atom. The molecule has 0 saturated carbocycles. The first-order chi connectivity index (χ1) is 12.0. The highest BCUT2D eigenvalue weighted by Crippen LogP contribution is 2.27. The van der Waals surface area contributed by atoms with Gasteiger partial charge in [0.15, 0.2) is 5.16 Å². The normalized spacial score (nSPS) is 11.0. The highest BCUT2D eigenvalue weighted by molar-refractivity contribution is 9.10. The van der Waals surface area contributed by atoms with Gasteiger partial charge in [0.2, 0.25) is 0 Å². The van der Waals surface area contributed by atoms with Crippen molar-refractivity contribution in [1.82, 2.24) is 9.55 Å². The number of rotatable bonds is 5. The topological polar surface area (TPSA) is 78.0 Å². The molecule has 0 amide bonds. The molecule has 1 aromatic heterocycles. The van der Waals surface area contributed by atoms with Crippen LogP contribution in [0.1, 0.15) is 12.5 Å². The van der Waals surface area contributed by atoms with Gasteiger partial charge >= 0.3 is 0 Å². The minimum atomic E-state index is -0.395. The third-order valence-corrected chi connectivity index (χ3v) is 5.26. The maximum Gasteiger partial charge on any atom is 0.273 e. The van der Waals surface area contributed by atoms with Crippen LogP contribution in [0.5, 0.6) is 0 Å². The number of nitro benzene ring substituents is 1. The van der Waals surface area contributed by atoms with E-state index in [9.17, 15) is 14.9 Å². The second-order valence-corrected chi connectivity index (χ2v) is 7.14. The maximum atomic E-state index is 12.7. The molecule has 25 heavy (non-hydrogen) atoms. The van der Waals surface area contributed by atoms with Gasteiger partial charge in [-0.15, -0.1) is 0 Å². The van der Waals surface area contributed by atoms with Crippen molar-refractivity contribution in [3.05, 3.63) is 73.0 Å². The molecule has 6 nitrogen and oxygen atoms in total. The van der Waals surface area contributed by atoms with Gasteiger partial charge in [-0.25, -0.2) is 4.98 Å². The summed E-state index contributed by atoms with van der Waals surface area (Å²) < 4.78 is 2.41. The summed E-state index contributed by atoms with van der Waals surface area (Å²) in [7, 11) is 0. The summed E-state index contributed by atoms with van der Waals surface area (Å²) in [6.07, 6.45) is 0. The summed E-state index contributed by atoms with van der Waals surface area (Å²) in [6.45, 7) is 2.36. The Bertz CT molecular complexity index is 1020. The van der Waals surface area contributed by atoms with E-state index < -0.39 is 4.92 Å². The lowest BCUT2D eigenvalue weighted by atomic mass is 10.2. The molecule has 0 unspecified atom stereocenters. The number of benzene rings is 2. The summed E-state index contributed by atoms with van der Waals surface area (Å²) in [5.74, 6) is 0.367. The summed E-state index contributed by atoms with van der Waals surface area (Å²) >= 11 is 4.69. The van der Waals surface area contributed by atoms with Crippen LogP contribution in [-0.2, 0) is 12.3 Å². The fourth-order valence-electron chi connectivity index (χ4n) is 2.52. The van der Waals surface area contributed by atoms with E-state index in [0.29, 0.717) is 33.9 Å². The Kier molecular flexibility index (Phi) is 5.19. The first kappa shape index (κ1) is 17.6. The van der Waals surface area contributed by atoms with Crippen molar-refractivity contribution in [2.75, 3.05) is 0 Å². The molecule has 128 valence electrons. The summed E-state index contributed by atoms with van der Waals surface area (Å²) in [5, 5.41) is 12.2. The van der Waals surface area contributed by atoms with Crippen molar-refractivity contribution >= 4 is 44.3 Å². The zero-order valence-corrected chi connectivity index (χ0v) is 15.7. The van der Waals surface area contributed by atoms with Gasteiger partial charge in [0.05, 0.1) is 15.8 Å². The predicted molar refractivity (Wildman–Crippen MR) is 102 cm³/mol. The van der Waals surface area contributed by atoms with Crippen LogP contribution in [0.2, 0.25) is 0 Å². The zero-order chi connectivity index (χ0) is 18.0. The molecule has 1 heterocycles. The SMILES string of the molecule is CCn1c(SCc2ccccc2[N+](=O)[O-])nc2ccc(Br)cc2c1=O. The lowest BCUT2D eigenvalue weighted by Crippen LogP contribution is -2.22. The van der Waals surface area contributed by atoms with Crippen molar-refractivity contribution in [2.45, 2.75) is 24.4 Å². The van der Waals surface area contributed by atoms with Gasteiger partial charge in [-0.3, -0.25) is 19.5 Å². The maximum absolute atomic E-state index is 12.7. The lowest BCUT2D eigenvalue weighted by molar-refractivity contribution is -0.385. The third-order valence-electron chi connectivity index (χ3n) is 3.74. The summed E-state index contributed by atoms with van der Waals surface area (Å²) in [5.41, 5.74) is 1.18. The molecule has 0 radical (unpaired) electrons. The van der Waals surface area contributed by atoms with Crippen LogP contribution in [0.25, 0.3) is 10.9 Å². The molecule has 0 N–H and O–H groups in total. The first-order valence-corrected chi connectivity index (χ1v) is 9.34. The standard InChI is InChI=1S/C17H14BrN3O3S/c1-2-20-16(22)13-9-12(18)7-8-14(13)19-17(20)25-10-11-5-3-4-6-15(11)21(23)24/h3-9H,2,10H2,1H3. The van der Waals surface area contributed by atoms with Crippen molar-refractivity contribution in [1.29, 1.82) is 0 Å². The highest BCUT2D eigenvalue weighted by atomic mass is 79.9. The highest BCUT2D eigenvalue weighted by Gasteiger charge is 2.15. The number of nitro groups is 1. The molecule has 0 atom stereocenters. The van der Waals surface area contributed by atoms with Gasteiger partial charge in [0.1, 0.15) is 0 Å². The van der Waals surface area contributed by atoms with Crippen LogP contribution in [-0.4, -0.2) is 14.5 Å². The molecule has 3 aromatic rings. The van der Waals surface area contributed by atoms with E-state index in [0.717, 1.165) is 4.47 Å². The van der Waals surface area contributed by atoms with Gasteiger partial charge in [0, 0.05) is 28.4 Å². The Labute approximate surface area is 156 Å². The number of hydrogen-bond acceptors (Lipinski definition) is 5. The number of para-hydroxylation sites is 1. The molecule has 0 aliphatic heterocycles. The molecule has 0 fully saturated rings. The number of nitrogens with zero attached hydrogens (tertiary/aromatic N) is 3. The van der Waals surface area contributed by atoms with E-state index in [4.69, 9.17) is 0 Å². The van der Waals surface area contributed by atoms with Crippen LogP contribution in [0.4, 0.5) is 5.69 Å². The van der Waals surface area contributed by atoms with Crippen molar-refractivity contribution < 1.29 is 4.92 Å². The lowest BCUT2D eigenvalue weighted by Gasteiger charge is -2.11. The van der Waals surface area contributed by atoms with Gasteiger partial charge in [0.25, 0.3) is 11.2 Å². The Morgan fingerprint density at radius 3 is 2.76 bits per heavy atom. The van der Waals surface area contributed by atoms with Crippen LogP contribution in [0.3, 0.4) is 0 Å². The molecular weight excluding hydrogens is 406 g/mol. The fourth-order valence-corrected chi connectivity index (χ4v) is 3.94. The smallest absolute Gasteiger partial charge is 0.273 e. The number of fused-ring (bicyclic) bond motifs is 1. The van der Waals surface area contributed by atoms with Crippen molar-refractivity contribution in [2.24, 2.45) is 0 Å². The van der Waals surface area contributed by atoms with E-state index in [1.165, 1.54) is 17.8 Å². The first-order valence-electron chi connectivity index (χ1n) is 7.56. The fraction of sp³-hybridized carbons (Fsp3) is 0.176. The Hall–Kier alpha value is -2.19. The second kappa shape index (κ2) is 7.37. The Morgan fingerprint density at radius 1 is 1.28 bits per heavy atom. The van der Waals surface area contributed by atoms with Crippen LogP contribution in [0.15, 0.2) is 56.9 Å². The number of aromatic nitrogens is 2. The quantitative estimate of drug-likeness (QED) is 0.265. The van der Waals surface area contributed by atoms with Crippen molar-refractivity contribution in [3.8, 4) is 0 Å². The van der Waals surface area contributed by atoms with Crippen LogP contribution < -0.4 is 5.56 Å². The summed E-state index contributed by atoms with van der Waals surface area (Å²) in [6, 6.07) is 12.0. The molecular formula is C17H14BrN3O3S. The average molecular weight is 420 g/mol. The molecule has 8 heteroatoms. The molecule has 0 aliphatic carbocycles. The van der Waals surface area contributed by atoms with E-state index in [-0.39, 0.29) is 11.2 Å². The molecule has 2 aromatic carbocycles. The zero-order valence-electron chi connectivity index (χ0n) is 13.3. The average Bonchev–Trinajstić information content (AvgIpc) is 2.61. The third kappa shape index (κ3) is 3.59. The largest absolute Gasteiger partial charge is 0.287 e. The van der Waals surface area contributed by atoms with E-state index in [1.807, 2.05) is 13.0 Å². The minimum Gasteiger partial charge on any atom is -0.287 e. The van der Waals surface area contributed by atoms with E-state index in [1.54, 1.807) is 34.9 Å². The minimum absolute atomic E-state index is 0.0742. The number of thioether (sulfide) groups is 1. The van der Waals surface area contributed by atoms with E-state index in [2.05, 4.69) is 20.9 Å². The van der Waals surface area contributed by atoms with E-state index >= 15 is 0 Å². The van der Waals surface area contributed by atoms with Gasteiger partial charge < -0.3 is 0 Å².